The summed E-state index contributed by atoms with van der Waals surface area (Å²) in [5.41, 5.74) is 2.35. The van der Waals surface area contributed by atoms with Crippen LogP contribution in [0.5, 0.6) is 11.5 Å². The Morgan fingerprint density at radius 3 is 2.48 bits per heavy atom. The molecule has 2 aromatic carbocycles. The van der Waals surface area contributed by atoms with Gasteiger partial charge in [-0.15, -0.1) is 6.58 Å². The van der Waals surface area contributed by atoms with Crippen molar-refractivity contribution in [3.05, 3.63) is 66.5 Å². The number of hydrogen-bond donors (Lipinski definition) is 1. The molecule has 3 rings (SSSR count). The number of nitrogens with zero attached hydrogens (tertiary/aromatic N) is 2. The van der Waals surface area contributed by atoms with Crippen molar-refractivity contribution in [2.45, 2.75) is 19.5 Å². The Bertz CT molecular complexity index is 961. The molecule has 6 heteroatoms. The first kappa shape index (κ1) is 18.5. The van der Waals surface area contributed by atoms with Crippen molar-refractivity contribution in [2.24, 2.45) is 0 Å². The van der Waals surface area contributed by atoms with E-state index in [9.17, 15) is 4.79 Å². The van der Waals surface area contributed by atoms with Gasteiger partial charge in [0.25, 0.3) is 5.91 Å². The van der Waals surface area contributed by atoms with Crippen LogP contribution in [-0.2, 0) is 6.54 Å². The monoisotopic (exact) mass is 365 g/mol. The first-order valence-electron chi connectivity index (χ1n) is 8.67. The maximum Gasteiger partial charge on any atom is 0.251 e. The van der Waals surface area contributed by atoms with Crippen molar-refractivity contribution in [3.8, 4) is 11.5 Å². The summed E-state index contributed by atoms with van der Waals surface area (Å²) in [5.74, 6) is 2.07. The number of carbonyl (C=O) groups excluding carboxylic acids is 1. The van der Waals surface area contributed by atoms with E-state index in [4.69, 9.17) is 14.5 Å². The van der Waals surface area contributed by atoms with E-state index in [2.05, 4.69) is 11.9 Å². The van der Waals surface area contributed by atoms with Crippen LogP contribution in [0.4, 0.5) is 0 Å². The SMILES string of the molecule is C=CCn1c(C(C)NC(=O)c2ccc(OC)cc2)nc2ccc(OC)cc21. The van der Waals surface area contributed by atoms with Crippen molar-refractivity contribution in [3.63, 3.8) is 0 Å². The van der Waals surface area contributed by atoms with Gasteiger partial charge in [0, 0.05) is 18.2 Å². The summed E-state index contributed by atoms with van der Waals surface area (Å²) in [7, 11) is 3.23. The number of benzene rings is 2. The van der Waals surface area contributed by atoms with E-state index in [0.29, 0.717) is 17.9 Å². The predicted octanol–water partition coefficient (Wildman–Crippen LogP) is 3.73. The van der Waals surface area contributed by atoms with Crippen molar-refractivity contribution >= 4 is 16.9 Å². The molecule has 140 valence electrons. The second-order valence-corrected chi connectivity index (χ2v) is 6.15. The minimum atomic E-state index is -0.280. The molecule has 0 saturated heterocycles. The van der Waals surface area contributed by atoms with Gasteiger partial charge in [-0.2, -0.15) is 0 Å². The Morgan fingerprint density at radius 2 is 1.85 bits per heavy atom. The van der Waals surface area contributed by atoms with Gasteiger partial charge in [0.1, 0.15) is 17.3 Å². The number of amides is 1. The van der Waals surface area contributed by atoms with Crippen LogP contribution < -0.4 is 14.8 Å². The molecule has 3 aromatic rings. The van der Waals surface area contributed by atoms with Crippen LogP contribution in [0, 0.1) is 0 Å². The second-order valence-electron chi connectivity index (χ2n) is 6.15. The van der Waals surface area contributed by atoms with Crippen molar-refractivity contribution < 1.29 is 14.3 Å². The molecule has 0 radical (unpaired) electrons. The molecule has 0 fully saturated rings. The summed E-state index contributed by atoms with van der Waals surface area (Å²) in [6.45, 7) is 6.33. The van der Waals surface area contributed by atoms with E-state index in [-0.39, 0.29) is 11.9 Å². The van der Waals surface area contributed by atoms with Crippen LogP contribution in [0.1, 0.15) is 29.1 Å². The molecule has 0 bridgehead atoms. The zero-order valence-corrected chi connectivity index (χ0v) is 15.7. The van der Waals surface area contributed by atoms with Gasteiger partial charge in [0.15, 0.2) is 0 Å². The molecule has 0 aliphatic rings. The third-order valence-corrected chi connectivity index (χ3v) is 4.38. The number of rotatable bonds is 7. The fourth-order valence-electron chi connectivity index (χ4n) is 2.99. The standard InChI is InChI=1S/C21H23N3O3/c1-5-12-24-19-13-17(27-4)10-11-18(19)23-20(24)14(2)22-21(25)15-6-8-16(26-3)9-7-15/h5-11,13-14H,1,12H2,2-4H3,(H,22,25). The first-order valence-corrected chi connectivity index (χ1v) is 8.67. The summed E-state index contributed by atoms with van der Waals surface area (Å²) in [6, 6.07) is 12.4. The summed E-state index contributed by atoms with van der Waals surface area (Å²) in [4.78, 5) is 17.3. The van der Waals surface area contributed by atoms with E-state index in [0.717, 1.165) is 22.6 Å². The van der Waals surface area contributed by atoms with Crippen molar-refractivity contribution in [1.82, 2.24) is 14.9 Å². The fourth-order valence-corrected chi connectivity index (χ4v) is 2.99. The molecule has 1 N–H and O–H groups in total. The Morgan fingerprint density at radius 1 is 1.19 bits per heavy atom. The maximum absolute atomic E-state index is 12.6. The van der Waals surface area contributed by atoms with Gasteiger partial charge < -0.3 is 19.4 Å². The van der Waals surface area contributed by atoms with Gasteiger partial charge in [-0.1, -0.05) is 6.08 Å². The van der Waals surface area contributed by atoms with E-state index in [1.165, 1.54) is 0 Å². The number of carbonyl (C=O) groups is 1. The molecule has 0 spiro atoms. The van der Waals surface area contributed by atoms with Gasteiger partial charge in [-0.3, -0.25) is 4.79 Å². The average molecular weight is 365 g/mol. The highest BCUT2D eigenvalue weighted by molar-refractivity contribution is 5.94. The lowest BCUT2D eigenvalue weighted by Crippen LogP contribution is -2.28. The topological polar surface area (TPSA) is 65.4 Å². The minimum absolute atomic E-state index is 0.167. The van der Waals surface area contributed by atoms with E-state index in [1.807, 2.05) is 35.8 Å². The molecule has 0 aliphatic carbocycles. The van der Waals surface area contributed by atoms with Gasteiger partial charge in [0.05, 0.1) is 31.3 Å². The summed E-state index contributed by atoms with van der Waals surface area (Å²) in [6.07, 6.45) is 1.81. The van der Waals surface area contributed by atoms with E-state index >= 15 is 0 Å². The summed E-state index contributed by atoms with van der Waals surface area (Å²) >= 11 is 0. The lowest BCUT2D eigenvalue weighted by Gasteiger charge is -2.15. The second kappa shape index (κ2) is 7.95. The zero-order chi connectivity index (χ0) is 19.4. The van der Waals surface area contributed by atoms with Crippen LogP contribution in [0.3, 0.4) is 0 Å². The molecule has 1 amide bonds. The lowest BCUT2D eigenvalue weighted by molar-refractivity contribution is 0.0937. The molecule has 0 saturated carbocycles. The molecular weight excluding hydrogens is 342 g/mol. The number of hydrogen-bond acceptors (Lipinski definition) is 4. The third kappa shape index (κ3) is 3.79. The number of aromatic nitrogens is 2. The molecule has 1 unspecified atom stereocenters. The maximum atomic E-state index is 12.6. The Labute approximate surface area is 158 Å². The third-order valence-electron chi connectivity index (χ3n) is 4.38. The molecule has 27 heavy (non-hydrogen) atoms. The number of methoxy groups -OCH3 is 2. The molecule has 0 aliphatic heterocycles. The average Bonchev–Trinajstić information content (AvgIpc) is 3.06. The van der Waals surface area contributed by atoms with Crippen molar-refractivity contribution in [1.29, 1.82) is 0 Å². The van der Waals surface area contributed by atoms with Crippen LogP contribution >= 0.6 is 0 Å². The molecule has 6 nitrogen and oxygen atoms in total. The first-order chi connectivity index (χ1) is 13.1. The highest BCUT2D eigenvalue weighted by atomic mass is 16.5. The van der Waals surface area contributed by atoms with Crippen LogP contribution in [-0.4, -0.2) is 29.7 Å². The number of fused-ring (bicyclic) bond motifs is 1. The molecule has 1 heterocycles. The highest BCUT2D eigenvalue weighted by Gasteiger charge is 2.19. The van der Waals surface area contributed by atoms with Gasteiger partial charge in [-0.05, 0) is 43.3 Å². The summed E-state index contributed by atoms with van der Waals surface area (Å²) in [5, 5.41) is 3.01. The predicted molar refractivity (Wildman–Crippen MR) is 105 cm³/mol. The van der Waals surface area contributed by atoms with Crippen LogP contribution in [0.15, 0.2) is 55.1 Å². The molecule has 1 atom stereocenters. The van der Waals surface area contributed by atoms with Gasteiger partial charge >= 0.3 is 0 Å². The number of allylic oxidation sites excluding steroid dienone is 1. The fraction of sp³-hybridized carbons (Fsp3) is 0.238. The van der Waals surface area contributed by atoms with E-state index in [1.54, 1.807) is 38.5 Å². The quantitative estimate of drug-likeness (QED) is 0.648. The number of ether oxygens (including phenoxy) is 2. The number of imidazole rings is 1. The highest BCUT2D eigenvalue weighted by Crippen LogP contribution is 2.25. The molecule has 1 aromatic heterocycles. The smallest absolute Gasteiger partial charge is 0.251 e. The van der Waals surface area contributed by atoms with Crippen LogP contribution in [0.2, 0.25) is 0 Å². The summed E-state index contributed by atoms with van der Waals surface area (Å²) < 4.78 is 12.5. The lowest BCUT2D eigenvalue weighted by atomic mass is 10.2. The normalized spacial score (nSPS) is 11.8. The Balaban J connectivity index is 1.89. The zero-order valence-electron chi connectivity index (χ0n) is 15.7. The minimum Gasteiger partial charge on any atom is -0.497 e. The van der Waals surface area contributed by atoms with E-state index < -0.39 is 0 Å². The Hall–Kier alpha value is -3.28. The molecular formula is C21H23N3O3. The van der Waals surface area contributed by atoms with Gasteiger partial charge in [-0.25, -0.2) is 4.98 Å². The van der Waals surface area contributed by atoms with Crippen LogP contribution in [0.25, 0.3) is 11.0 Å². The van der Waals surface area contributed by atoms with Crippen molar-refractivity contribution in [2.75, 3.05) is 14.2 Å². The number of nitrogens with one attached hydrogen (secondary N) is 1. The Kier molecular flexibility index (Phi) is 5.45. The largest absolute Gasteiger partial charge is 0.497 e. The van der Waals surface area contributed by atoms with Gasteiger partial charge in [0.2, 0.25) is 0 Å².